The van der Waals surface area contributed by atoms with Crippen molar-refractivity contribution in [2.75, 3.05) is 0 Å². The molecule has 1 rings (SSSR count). The van der Waals surface area contributed by atoms with Crippen molar-refractivity contribution in [1.29, 1.82) is 0 Å². The fraction of sp³-hybridized carbons (Fsp3) is 0.400. The summed E-state index contributed by atoms with van der Waals surface area (Å²) in [4.78, 5) is 3.18. The van der Waals surface area contributed by atoms with Crippen LogP contribution < -0.4 is 10.7 Å². The number of aromatic amines is 1. The monoisotopic (exact) mass is 130 g/mol. The first-order valence-corrected chi connectivity index (χ1v) is 3.46. The van der Waals surface area contributed by atoms with E-state index in [1.54, 1.807) is 11.3 Å². The smallest absolute Gasteiger partial charge is 0.291 e. The predicted molar refractivity (Wildman–Crippen MR) is 32.2 cm³/mol. The molecule has 0 aliphatic carbocycles. The van der Waals surface area contributed by atoms with Gasteiger partial charge in [-0.3, -0.25) is 0 Å². The van der Waals surface area contributed by atoms with E-state index in [1.807, 2.05) is 0 Å². The second-order valence-electron chi connectivity index (χ2n) is 1.72. The lowest BCUT2D eigenvalue weighted by atomic mass is 10.6. The van der Waals surface area contributed by atoms with E-state index < -0.39 is 0 Å². The Morgan fingerprint density at radius 3 is 2.88 bits per heavy atom. The van der Waals surface area contributed by atoms with E-state index in [0.29, 0.717) is 0 Å². The highest BCUT2D eigenvalue weighted by Crippen LogP contribution is 2.00. The van der Waals surface area contributed by atoms with Gasteiger partial charge in [-0.15, -0.1) is 0 Å². The van der Waals surface area contributed by atoms with Crippen LogP contribution in [0.2, 0.25) is 0 Å². The van der Waals surface area contributed by atoms with Crippen LogP contribution in [0.15, 0.2) is 5.38 Å². The van der Waals surface area contributed by atoms with Crippen molar-refractivity contribution in [3.05, 3.63) is 16.1 Å². The minimum Gasteiger partial charge on any atom is -0.348 e. The van der Waals surface area contributed by atoms with E-state index in [1.165, 1.54) is 10.7 Å². The average molecular weight is 130 g/mol. The van der Waals surface area contributed by atoms with Crippen molar-refractivity contribution in [2.45, 2.75) is 13.5 Å². The largest absolute Gasteiger partial charge is 0.348 e. The van der Waals surface area contributed by atoms with Crippen molar-refractivity contribution in [2.24, 2.45) is 0 Å². The summed E-state index contributed by atoms with van der Waals surface area (Å²) in [6, 6.07) is 0. The van der Waals surface area contributed by atoms with Gasteiger partial charge < -0.3 is 5.73 Å². The standard InChI is InChI=1S/C5H8N2S/c1-4-3-8-5(2-6)7-4/h3H,2,6H2,1H3/p+2. The van der Waals surface area contributed by atoms with E-state index >= 15 is 0 Å². The molecule has 0 spiro atoms. The number of thiazole rings is 1. The van der Waals surface area contributed by atoms with Crippen LogP contribution in [-0.2, 0) is 6.54 Å². The van der Waals surface area contributed by atoms with Gasteiger partial charge in [0, 0.05) is 6.92 Å². The van der Waals surface area contributed by atoms with E-state index in [0.717, 1.165) is 6.54 Å². The highest BCUT2D eigenvalue weighted by atomic mass is 32.1. The van der Waals surface area contributed by atoms with Crippen LogP contribution in [0.5, 0.6) is 0 Å². The van der Waals surface area contributed by atoms with Gasteiger partial charge in [0.05, 0.1) is 5.38 Å². The van der Waals surface area contributed by atoms with E-state index in [2.05, 4.69) is 23.0 Å². The number of quaternary nitrogens is 1. The quantitative estimate of drug-likeness (QED) is 0.538. The summed E-state index contributed by atoms with van der Waals surface area (Å²) in [5, 5.41) is 3.35. The molecule has 0 aliphatic rings. The third-order valence-corrected chi connectivity index (χ3v) is 2.00. The Labute approximate surface area is 52.4 Å². The summed E-state index contributed by atoms with van der Waals surface area (Å²) in [5.41, 5.74) is 4.98. The van der Waals surface area contributed by atoms with Crippen LogP contribution in [0.4, 0.5) is 0 Å². The summed E-state index contributed by atoms with van der Waals surface area (Å²) < 4.78 is 0. The molecule has 1 aromatic rings. The predicted octanol–water partition coefficient (Wildman–Crippen LogP) is -0.387. The average Bonchev–Trinajstić information content (AvgIpc) is 2.14. The number of hydrogen-bond donors (Lipinski definition) is 1. The second-order valence-corrected chi connectivity index (χ2v) is 2.68. The molecular weight excluding hydrogens is 120 g/mol. The van der Waals surface area contributed by atoms with Crippen molar-refractivity contribution in [1.82, 2.24) is 0 Å². The fourth-order valence-corrected chi connectivity index (χ4v) is 1.28. The van der Waals surface area contributed by atoms with Crippen molar-refractivity contribution >= 4 is 11.3 Å². The molecule has 1 heterocycles. The number of nitrogens with one attached hydrogen (secondary N) is 1. The normalized spacial score (nSPS) is 9.75. The van der Waals surface area contributed by atoms with Gasteiger partial charge in [0.15, 0.2) is 12.2 Å². The Kier molecular flexibility index (Phi) is 1.60. The molecule has 4 N–H and O–H groups in total. The number of H-pyrrole nitrogens is 1. The van der Waals surface area contributed by atoms with Gasteiger partial charge in [-0.05, 0) is 0 Å². The van der Waals surface area contributed by atoms with Crippen LogP contribution in [0.1, 0.15) is 10.7 Å². The van der Waals surface area contributed by atoms with E-state index in [4.69, 9.17) is 0 Å². The zero-order valence-corrected chi connectivity index (χ0v) is 5.72. The maximum atomic E-state index is 3.75. The number of aryl methyl sites for hydroxylation is 1. The lowest BCUT2D eigenvalue weighted by molar-refractivity contribution is -0.455. The molecule has 0 bridgehead atoms. The summed E-state index contributed by atoms with van der Waals surface area (Å²) in [7, 11) is 0. The van der Waals surface area contributed by atoms with Crippen LogP contribution in [-0.4, -0.2) is 0 Å². The Bertz CT molecular complexity index is 171. The maximum absolute atomic E-state index is 3.75. The van der Waals surface area contributed by atoms with Gasteiger partial charge in [-0.2, -0.15) is 4.98 Å². The lowest BCUT2D eigenvalue weighted by Gasteiger charge is -1.69. The molecule has 44 valence electrons. The topological polar surface area (TPSA) is 41.8 Å². The molecule has 0 saturated heterocycles. The molecule has 0 amide bonds. The summed E-state index contributed by atoms with van der Waals surface area (Å²) >= 11 is 1.73. The van der Waals surface area contributed by atoms with Crippen molar-refractivity contribution in [3.8, 4) is 0 Å². The van der Waals surface area contributed by atoms with Gasteiger partial charge in [0.1, 0.15) is 0 Å². The first kappa shape index (κ1) is 5.72. The molecule has 0 atom stereocenters. The first-order chi connectivity index (χ1) is 3.83. The molecule has 0 saturated carbocycles. The Hall–Kier alpha value is -0.410. The molecule has 3 heteroatoms. The van der Waals surface area contributed by atoms with Crippen molar-refractivity contribution < 1.29 is 10.7 Å². The Morgan fingerprint density at radius 2 is 2.62 bits per heavy atom. The second kappa shape index (κ2) is 2.24. The van der Waals surface area contributed by atoms with Crippen LogP contribution in [0.25, 0.3) is 0 Å². The van der Waals surface area contributed by atoms with Gasteiger partial charge in [0.25, 0.3) is 5.01 Å². The van der Waals surface area contributed by atoms with Crippen LogP contribution >= 0.6 is 11.3 Å². The Morgan fingerprint density at radius 1 is 1.88 bits per heavy atom. The third-order valence-electron chi connectivity index (χ3n) is 0.942. The highest BCUT2D eigenvalue weighted by Gasteiger charge is 2.02. The molecule has 8 heavy (non-hydrogen) atoms. The van der Waals surface area contributed by atoms with Crippen LogP contribution in [0.3, 0.4) is 0 Å². The summed E-state index contributed by atoms with van der Waals surface area (Å²) in [6.07, 6.45) is 0. The van der Waals surface area contributed by atoms with Gasteiger partial charge >= 0.3 is 0 Å². The fourth-order valence-electron chi connectivity index (χ4n) is 0.560. The molecule has 2 nitrogen and oxygen atoms in total. The highest BCUT2D eigenvalue weighted by molar-refractivity contribution is 7.09. The maximum Gasteiger partial charge on any atom is 0.291 e. The van der Waals surface area contributed by atoms with E-state index in [-0.39, 0.29) is 0 Å². The van der Waals surface area contributed by atoms with Crippen molar-refractivity contribution in [3.63, 3.8) is 0 Å². The molecule has 1 aromatic heterocycles. The SMILES string of the molecule is Cc1csc(C[NH3+])[nH+]1. The molecule has 0 radical (unpaired) electrons. The minimum atomic E-state index is 0.874. The molecule has 0 unspecified atom stereocenters. The molecule has 0 aliphatic heterocycles. The lowest BCUT2D eigenvalue weighted by Crippen LogP contribution is -2.48. The third kappa shape index (κ3) is 1.05. The molecule has 0 fully saturated rings. The number of aromatic nitrogens is 1. The zero-order valence-electron chi connectivity index (χ0n) is 4.90. The number of hydrogen-bond acceptors (Lipinski definition) is 1. The molecule has 0 aromatic carbocycles. The summed E-state index contributed by atoms with van der Waals surface area (Å²) in [5.74, 6) is 0. The zero-order chi connectivity index (χ0) is 5.98. The number of rotatable bonds is 1. The summed E-state index contributed by atoms with van der Waals surface area (Å²) in [6.45, 7) is 2.92. The Balaban J connectivity index is 2.84. The van der Waals surface area contributed by atoms with Gasteiger partial charge in [-0.25, -0.2) is 0 Å². The van der Waals surface area contributed by atoms with Crippen LogP contribution in [0, 0.1) is 6.92 Å². The first-order valence-electron chi connectivity index (χ1n) is 2.58. The van der Waals surface area contributed by atoms with E-state index in [9.17, 15) is 0 Å². The minimum absolute atomic E-state index is 0.874. The van der Waals surface area contributed by atoms with Gasteiger partial charge in [-0.1, -0.05) is 11.3 Å². The molecular formula is C5H10N2S+2. The van der Waals surface area contributed by atoms with Gasteiger partial charge in [0.2, 0.25) is 0 Å².